The summed E-state index contributed by atoms with van der Waals surface area (Å²) in [6.07, 6.45) is 0.356. The summed E-state index contributed by atoms with van der Waals surface area (Å²) in [6, 6.07) is 4.70. The third-order valence-electron chi connectivity index (χ3n) is 3.36. The van der Waals surface area contributed by atoms with Crippen LogP contribution in [0.3, 0.4) is 0 Å². The summed E-state index contributed by atoms with van der Waals surface area (Å²) in [5.41, 5.74) is 0.960. The van der Waals surface area contributed by atoms with E-state index in [9.17, 15) is 17.6 Å². The summed E-state index contributed by atoms with van der Waals surface area (Å²) in [4.78, 5) is 11.5. The van der Waals surface area contributed by atoms with Crippen LogP contribution in [0, 0.1) is 5.82 Å². The highest BCUT2D eigenvalue weighted by molar-refractivity contribution is 7.89. The Morgan fingerprint density at radius 2 is 1.85 bits per heavy atom. The number of hydrogen-bond acceptors (Lipinski definition) is 3. The van der Waals surface area contributed by atoms with E-state index in [0.29, 0.717) is 17.7 Å². The molecule has 1 aliphatic rings. The lowest BCUT2D eigenvalue weighted by Crippen LogP contribution is -2.36. The number of fused-ring (bicyclic) bond motifs is 1. The van der Waals surface area contributed by atoms with Gasteiger partial charge in [0.25, 0.3) is 5.56 Å². The van der Waals surface area contributed by atoms with Crippen molar-refractivity contribution in [1.29, 1.82) is 0 Å². The van der Waals surface area contributed by atoms with Crippen molar-refractivity contribution in [2.24, 2.45) is 0 Å². The van der Waals surface area contributed by atoms with Gasteiger partial charge in [-0.25, -0.2) is 12.8 Å². The number of benzene rings is 1. The van der Waals surface area contributed by atoms with Crippen LogP contribution in [0.25, 0.3) is 0 Å². The van der Waals surface area contributed by atoms with Gasteiger partial charge in [-0.05, 0) is 30.7 Å². The second kappa shape index (κ2) is 4.57. The molecule has 0 fully saturated rings. The highest BCUT2D eigenvalue weighted by Crippen LogP contribution is 2.22. The molecule has 2 aromatic rings. The summed E-state index contributed by atoms with van der Waals surface area (Å²) in [5, 5.41) is 5.13. The Balaban J connectivity index is 1.94. The van der Waals surface area contributed by atoms with Gasteiger partial charge in [-0.3, -0.25) is 9.89 Å². The summed E-state index contributed by atoms with van der Waals surface area (Å²) < 4.78 is 39.0. The molecule has 1 aromatic heterocycles. The predicted molar refractivity (Wildman–Crippen MR) is 69.1 cm³/mol. The molecule has 0 amide bonds. The van der Waals surface area contributed by atoms with Crippen LogP contribution in [-0.4, -0.2) is 29.5 Å². The molecule has 106 valence electrons. The van der Waals surface area contributed by atoms with Gasteiger partial charge in [0.05, 0.1) is 17.1 Å². The molecule has 0 spiro atoms. The molecular formula is C12H12FN3O3S. The minimum absolute atomic E-state index is 0.0419. The minimum Gasteiger partial charge on any atom is -0.301 e. The van der Waals surface area contributed by atoms with Gasteiger partial charge in [-0.15, -0.1) is 0 Å². The molecule has 2 heterocycles. The SMILES string of the molecule is O=c1[nH][nH]c2c1CCN(S(=O)(=O)c1ccc(F)cc1)C2. The Morgan fingerprint density at radius 1 is 1.15 bits per heavy atom. The van der Waals surface area contributed by atoms with Crippen molar-refractivity contribution in [3.05, 3.63) is 51.7 Å². The molecule has 0 aliphatic carbocycles. The first-order chi connectivity index (χ1) is 9.48. The van der Waals surface area contributed by atoms with Gasteiger partial charge in [0.1, 0.15) is 5.82 Å². The van der Waals surface area contributed by atoms with Crippen LogP contribution in [-0.2, 0) is 23.0 Å². The van der Waals surface area contributed by atoms with E-state index < -0.39 is 15.8 Å². The molecule has 0 radical (unpaired) electrons. The van der Waals surface area contributed by atoms with Gasteiger partial charge in [-0.2, -0.15) is 4.31 Å². The molecule has 0 saturated heterocycles. The van der Waals surface area contributed by atoms with E-state index in [-0.39, 0.29) is 23.5 Å². The zero-order valence-corrected chi connectivity index (χ0v) is 11.2. The number of nitrogens with zero attached hydrogens (tertiary/aromatic N) is 1. The Morgan fingerprint density at radius 3 is 2.55 bits per heavy atom. The average Bonchev–Trinajstić information content (AvgIpc) is 2.80. The van der Waals surface area contributed by atoms with Crippen molar-refractivity contribution < 1.29 is 12.8 Å². The van der Waals surface area contributed by atoms with Crippen LogP contribution >= 0.6 is 0 Å². The fourth-order valence-electron chi connectivity index (χ4n) is 2.27. The molecule has 0 bridgehead atoms. The fourth-order valence-corrected chi connectivity index (χ4v) is 3.68. The highest BCUT2D eigenvalue weighted by atomic mass is 32.2. The average molecular weight is 297 g/mol. The topological polar surface area (TPSA) is 86.0 Å². The Labute approximate surface area is 114 Å². The number of sulfonamides is 1. The Kier molecular flexibility index (Phi) is 2.98. The maximum atomic E-state index is 12.9. The van der Waals surface area contributed by atoms with Crippen molar-refractivity contribution in [2.45, 2.75) is 17.9 Å². The van der Waals surface area contributed by atoms with E-state index in [1.165, 1.54) is 16.4 Å². The molecule has 0 saturated carbocycles. The first-order valence-corrected chi connectivity index (χ1v) is 7.46. The van der Waals surface area contributed by atoms with E-state index in [2.05, 4.69) is 10.2 Å². The number of aromatic amines is 2. The number of halogens is 1. The summed E-state index contributed by atoms with van der Waals surface area (Å²) in [7, 11) is -3.68. The summed E-state index contributed by atoms with van der Waals surface area (Å²) >= 11 is 0. The lowest BCUT2D eigenvalue weighted by atomic mass is 10.1. The number of nitrogens with one attached hydrogen (secondary N) is 2. The van der Waals surface area contributed by atoms with Crippen LogP contribution in [0.1, 0.15) is 11.3 Å². The standard InChI is InChI=1S/C12H12FN3O3S/c13-8-1-3-9(4-2-8)20(18,19)16-6-5-10-11(7-16)14-15-12(10)17/h1-4H,5-7H2,(H2,14,15,17). The van der Waals surface area contributed by atoms with Gasteiger partial charge >= 0.3 is 0 Å². The van der Waals surface area contributed by atoms with E-state index in [4.69, 9.17) is 0 Å². The molecule has 0 atom stereocenters. The number of hydrogen-bond donors (Lipinski definition) is 2. The monoisotopic (exact) mass is 297 g/mol. The molecule has 3 rings (SSSR count). The quantitative estimate of drug-likeness (QED) is 0.850. The van der Waals surface area contributed by atoms with Gasteiger partial charge in [0.2, 0.25) is 10.0 Å². The van der Waals surface area contributed by atoms with Gasteiger partial charge in [0, 0.05) is 12.1 Å². The van der Waals surface area contributed by atoms with Gasteiger partial charge in [-0.1, -0.05) is 0 Å². The summed E-state index contributed by atoms with van der Waals surface area (Å²) in [5.74, 6) is -0.486. The highest BCUT2D eigenvalue weighted by Gasteiger charge is 2.30. The largest absolute Gasteiger partial charge is 0.301 e. The third-order valence-corrected chi connectivity index (χ3v) is 5.22. The van der Waals surface area contributed by atoms with E-state index in [1.54, 1.807) is 0 Å². The van der Waals surface area contributed by atoms with Crippen LogP contribution in [0.5, 0.6) is 0 Å². The molecule has 0 unspecified atom stereocenters. The number of H-pyrrole nitrogens is 2. The molecule has 6 nitrogen and oxygen atoms in total. The summed E-state index contributed by atoms with van der Waals surface area (Å²) in [6.45, 7) is 0.335. The lowest BCUT2D eigenvalue weighted by molar-refractivity contribution is 0.386. The second-order valence-corrected chi connectivity index (χ2v) is 6.52. The molecule has 1 aliphatic heterocycles. The zero-order valence-electron chi connectivity index (χ0n) is 10.4. The maximum Gasteiger partial charge on any atom is 0.267 e. The maximum absolute atomic E-state index is 12.9. The normalized spacial score (nSPS) is 16.1. The first-order valence-electron chi connectivity index (χ1n) is 6.02. The van der Waals surface area contributed by atoms with Crippen LogP contribution in [0.15, 0.2) is 34.0 Å². The van der Waals surface area contributed by atoms with Gasteiger partial charge in [0.15, 0.2) is 0 Å². The third kappa shape index (κ3) is 2.06. The van der Waals surface area contributed by atoms with E-state index in [1.807, 2.05) is 0 Å². The van der Waals surface area contributed by atoms with Crippen molar-refractivity contribution in [1.82, 2.24) is 14.5 Å². The van der Waals surface area contributed by atoms with Crippen LogP contribution < -0.4 is 5.56 Å². The predicted octanol–water partition coefficient (Wildman–Crippen LogP) is 0.589. The first kappa shape index (κ1) is 13.1. The smallest absolute Gasteiger partial charge is 0.267 e. The second-order valence-electron chi connectivity index (χ2n) is 4.58. The van der Waals surface area contributed by atoms with Crippen molar-refractivity contribution in [2.75, 3.05) is 6.54 Å². The molecule has 2 N–H and O–H groups in total. The van der Waals surface area contributed by atoms with Crippen molar-refractivity contribution in [3.63, 3.8) is 0 Å². The Bertz CT molecular complexity index is 792. The van der Waals surface area contributed by atoms with Crippen LogP contribution in [0.4, 0.5) is 4.39 Å². The zero-order chi connectivity index (χ0) is 14.3. The number of aromatic nitrogens is 2. The van der Waals surface area contributed by atoms with E-state index >= 15 is 0 Å². The van der Waals surface area contributed by atoms with Crippen molar-refractivity contribution >= 4 is 10.0 Å². The molecule has 1 aromatic carbocycles. The Hall–Kier alpha value is -1.93. The minimum atomic E-state index is -3.68. The number of rotatable bonds is 2. The lowest BCUT2D eigenvalue weighted by Gasteiger charge is -2.25. The van der Waals surface area contributed by atoms with E-state index in [0.717, 1.165) is 12.1 Å². The van der Waals surface area contributed by atoms with Gasteiger partial charge < -0.3 is 5.10 Å². The van der Waals surface area contributed by atoms with Crippen LogP contribution in [0.2, 0.25) is 0 Å². The molecule has 20 heavy (non-hydrogen) atoms. The molecular weight excluding hydrogens is 285 g/mol. The fraction of sp³-hybridized carbons (Fsp3) is 0.250. The molecule has 8 heteroatoms. The van der Waals surface area contributed by atoms with Crippen molar-refractivity contribution in [3.8, 4) is 0 Å².